The van der Waals surface area contributed by atoms with Crippen molar-refractivity contribution in [1.29, 1.82) is 0 Å². The highest BCUT2D eigenvalue weighted by Crippen LogP contribution is 2.18. The van der Waals surface area contributed by atoms with Gasteiger partial charge in [-0.25, -0.2) is 0 Å². The summed E-state index contributed by atoms with van der Waals surface area (Å²) in [6.07, 6.45) is 0. The molecular weight excluding hydrogens is 218 g/mol. The zero-order valence-electron chi connectivity index (χ0n) is 9.65. The number of H-pyrrole nitrogens is 1. The third kappa shape index (κ3) is 1.99. The number of hydrogen-bond donors (Lipinski definition) is 2. The van der Waals surface area contributed by atoms with Crippen LogP contribution in [-0.2, 0) is 0 Å². The number of carbonyl (C=O) groups is 1. The van der Waals surface area contributed by atoms with Crippen LogP contribution in [0.4, 0.5) is 5.69 Å². The summed E-state index contributed by atoms with van der Waals surface area (Å²) in [5, 5.41) is 0.781. The number of fused-ring (bicyclic) bond motifs is 1. The van der Waals surface area contributed by atoms with Gasteiger partial charge >= 0.3 is 0 Å². The maximum Gasteiger partial charge on any atom is 0.261 e. The molecule has 1 heterocycles. The maximum absolute atomic E-state index is 11.6. The molecule has 0 fully saturated rings. The minimum absolute atomic E-state index is 0.0184. The number of carbonyl (C=O) groups excluding carboxylic acids is 1. The first-order chi connectivity index (χ1) is 7.99. The summed E-state index contributed by atoms with van der Waals surface area (Å²) < 4.78 is 0. The standard InChI is InChI=1S/C12H13N3O2/c1-15(2)8-4-3-7-5-9(11(13)16)12(17)14-10(7)6-8/h3-6H,1-2H3,(H2,13,16)(H,14,17). The molecule has 0 unspecified atom stereocenters. The molecule has 0 spiro atoms. The lowest BCUT2D eigenvalue weighted by Gasteiger charge is -2.12. The van der Waals surface area contributed by atoms with Gasteiger partial charge in [0, 0.05) is 19.8 Å². The molecule has 3 N–H and O–H groups in total. The molecule has 1 amide bonds. The van der Waals surface area contributed by atoms with Crippen LogP contribution in [0.1, 0.15) is 10.4 Å². The van der Waals surface area contributed by atoms with Crippen LogP contribution in [0.15, 0.2) is 29.1 Å². The van der Waals surface area contributed by atoms with Crippen LogP contribution in [0, 0.1) is 0 Å². The number of benzene rings is 1. The Morgan fingerprint density at radius 3 is 2.59 bits per heavy atom. The molecule has 0 saturated carbocycles. The Balaban J connectivity index is 2.70. The summed E-state index contributed by atoms with van der Waals surface area (Å²) in [4.78, 5) is 27.2. The third-order valence-corrected chi connectivity index (χ3v) is 2.61. The molecule has 0 saturated heterocycles. The van der Waals surface area contributed by atoms with Gasteiger partial charge in [-0.2, -0.15) is 0 Å². The molecule has 2 rings (SSSR count). The second-order valence-corrected chi connectivity index (χ2v) is 4.04. The van der Waals surface area contributed by atoms with Crippen molar-refractivity contribution in [2.45, 2.75) is 0 Å². The molecule has 0 bridgehead atoms. The van der Waals surface area contributed by atoms with Gasteiger partial charge in [0.2, 0.25) is 0 Å². The molecule has 0 atom stereocenters. The number of nitrogens with two attached hydrogens (primary N) is 1. The van der Waals surface area contributed by atoms with Crippen molar-refractivity contribution in [2.24, 2.45) is 5.73 Å². The molecular formula is C12H13N3O2. The highest BCUT2D eigenvalue weighted by molar-refractivity contribution is 5.96. The Morgan fingerprint density at radius 2 is 2.00 bits per heavy atom. The first-order valence-corrected chi connectivity index (χ1v) is 5.13. The highest BCUT2D eigenvalue weighted by atomic mass is 16.2. The molecule has 0 aliphatic carbocycles. The number of hydrogen-bond acceptors (Lipinski definition) is 3. The van der Waals surface area contributed by atoms with Crippen LogP contribution >= 0.6 is 0 Å². The Kier molecular flexibility index (Phi) is 2.59. The van der Waals surface area contributed by atoms with E-state index in [9.17, 15) is 9.59 Å². The highest BCUT2D eigenvalue weighted by Gasteiger charge is 2.08. The van der Waals surface area contributed by atoms with Gasteiger partial charge in [-0.1, -0.05) is 6.07 Å². The number of pyridine rings is 1. The number of nitrogens with zero attached hydrogens (tertiary/aromatic N) is 1. The SMILES string of the molecule is CN(C)c1ccc2cc(C(N)=O)c(=O)[nH]c2c1. The van der Waals surface area contributed by atoms with Gasteiger partial charge in [0.15, 0.2) is 0 Å². The minimum Gasteiger partial charge on any atom is -0.378 e. The zero-order chi connectivity index (χ0) is 12.6. The molecule has 2 aromatic rings. The van der Waals surface area contributed by atoms with Crippen LogP contribution in [0.25, 0.3) is 10.9 Å². The fourth-order valence-corrected chi connectivity index (χ4v) is 1.65. The van der Waals surface area contributed by atoms with Gasteiger partial charge in [0.1, 0.15) is 5.56 Å². The smallest absolute Gasteiger partial charge is 0.261 e. The number of aromatic nitrogens is 1. The van der Waals surface area contributed by atoms with Crippen molar-refractivity contribution in [1.82, 2.24) is 4.98 Å². The predicted octanol–water partition coefficient (Wildman–Crippen LogP) is 0.693. The molecule has 1 aromatic carbocycles. The number of anilines is 1. The Hall–Kier alpha value is -2.30. The summed E-state index contributed by atoms with van der Waals surface area (Å²) in [7, 11) is 3.83. The molecule has 88 valence electrons. The summed E-state index contributed by atoms with van der Waals surface area (Å²) in [6, 6.07) is 7.11. The lowest BCUT2D eigenvalue weighted by atomic mass is 10.1. The average molecular weight is 231 g/mol. The first kappa shape index (κ1) is 11.2. The van der Waals surface area contributed by atoms with E-state index in [1.54, 1.807) is 0 Å². The van der Waals surface area contributed by atoms with Crippen molar-refractivity contribution in [3.8, 4) is 0 Å². The molecule has 0 radical (unpaired) electrons. The lowest BCUT2D eigenvalue weighted by Crippen LogP contribution is -2.23. The second-order valence-electron chi connectivity index (χ2n) is 4.04. The van der Waals surface area contributed by atoms with Crippen molar-refractivity contribution in [2.75, 3.05) is 19.0 Å². The first-order valence-electron chi connectivity index (χ1n) is 5.13. The number of primary amides is 1. The van der Waals surface area contributed by atoms with Crippen LogP contribution < -0.4 is 16.2 Å². The topological polar surface area (TPSA) is 79.2 Å². The number of rotatable bonds is 2. The van der Waals surface area contributed by atoms with Crippen molar-refractivity contribution >= 4 is 22.5 Å². The van der Waals surface area contributed by atoms with E-state index in [0.717, 1.165) is 11.1 Å². The number of nitrogens with one attached hydrogen (secondary N) is 1. The number of aromatic amines is 1. The normalized spacial score (nSPS) is 10.5. The average Bonchev–Trinajstić information content (AvgIpc) is 2.26. The quantitative estimate of drug-likeness (QED) is 0.798. The summed E-state index contributed by atoms with van der Waals surface area (Å²) >= 11 is 0. The zero-order valence-corrected chi connectivity index (χ0v) is 9.65. The van der Waals surface area contributed by atoms with E-state index in [2.05, 4.69) is 4.98 Å². The molecule has 17 heavy (non-hydrogen) atoms. The lowest BCUT2D eigenvalue weighted by molar-refractivity contribution is 0.0999. The largest absolute Gasteiger partial charge is 0.378 e. The second kappa shape index (κ2) is 3.93. The van der Waals surface area contributed by atoms with Crippen molar-refractivity contribution in [3.05, 3.63) is 40.2 Å². The Labute approximate surface area is 97.9 Å². The maximum atomic E-state index is 11.6. The van der Waals surface area contributed by atoms with Gasteiger partial charge in [0.05, 0.1) is 5.52 Å². The van der Waals surface area contributed by atoms with Gasteiger partial charge in [-0.3, -0.25) is 9.59 Å². The molecule has 5 heteroatoms. The summed E-state index contributed by atoms with van der Waals surface area (Å²) in [5.74, 6) is -0.718. The fourth-order valence-electron chi connectivity index (χ4n) is 1.65. The predicted molar refractivity (Wildman–Crippen MR) is 67.4 cm³/mol. The van der Waals surface area contributed by atoms with Crippen LogP contribution in [0.2, 0.25) is 0 Å². The van der Waals surface area contributed by atoms with E-state index in [1.165, 1.54) is 6.07 Å². The van der Waals surface area contributed by atoms with Crippen LogP contribution in [0.3, 0.4) is 0 Å². The van der Waals surface area contributed by atoms with E-state index in [4.69, 9.17) is 5.73 Å². The van der Waals surface area contributed by atoms with E-state index in [1.807, 2.05) is 37.2 Å². The Bertz CT molecular complexity index is 644. The Morgan fingerprint density at radius 1 is 1.29 bits per heavy atom. The fraction of sp³-hybridized carbons (Fsp3) is 0.167. The summed E-state index contributed by atoms with van der Waals surface area (Å²) in [6.45, 7) is 0. The van der Waals surface area contributed by atoms with Crippen LogP contribution in [0.5, 0.6) is 0 Å². The summed E-state index contributed by atoms with van der Waals surface area (Å²) in [5.41, 5.74) is 6.30. The molecule has 0 aliphatic rings. The van der Waals surface area contributed by atoms with Crippen molar-refractivity contribution in [3.63, 3.8) is 0 Å². The van der Waals surface area contributed by atoms with E-state index in [0.29, 0.717) is 5.52 Å². The molecule has 5 nitrogen and oxygen atoms in total. The molecule has 0 aliphatic heterocycles. The van der Waals surface area contributed by atoms with Crippen molar-refractivity contribution < 1.29 is 4.79 Å². The minimum atomic E-state index is -0.718. The monoisotopic (exact) mass is 231 g/mol. The van der Waals surface area contributed by atoms with Gasteiger partial charge in [-0.05, 0) is 23.6 Å². The van der Waals surface area contributed by atoms with E-state index in [-0.39, 0.29) is 5.56 Å². The van der Waals surface area contributed by atoms with Crippen LogP contribution in [-0.4, -0.2) is 25.0 Å². The van der Waals surface area contributed by atoms with E-state index >= 15 is 0 Å². The third-order valence-electron chi connectivity index (χ3n) is 2.61. The number of amides is 1. The van der Waals surface area contributed by atoms with Gasteiger partial charge in [-0.15, -0.1) is 0 Å². The van der Waals surface area contributed by atoms with Gasteiger partial charge in [0.25, 0.3) is 11.5 Å². The van der Waals surface area contributed by atoms with Gasteiger partial charge < -0.3 is 15.6 Å². The van der Waals surface area contributed by atoms with E-state index < -0.39 is 11.5 Å². The molecule has 1 aromatic heterocycles.